The number of ketones is 1. The zero-order valence-corrected chi connectivity index (χ0v) is 15.5. The first-order chi connectivity index (χ1) is 13.0. The fourth-order valence-corrected chi connectivity index (χ4v) is 3.57. The molecule has 8 heteroatoms. The van der Waals surface area contributed by atoms with Gasteiger partial charge in [0.2, 0.25) is 5.78 Å². The summed E-state index contributed by atoms with van der Waals surface area (Å²) in [5, 5.41) is 7.19. The fraction of sp³-hybridized carbons (Fsp3) is 0.158. The predicted molar refractivity (Wildman–Crippen MR) is 102 cm³/mol. The van der Waals surface area contributed by atoms with Crippen LogP contribution >= 0.6 is 11.3 Å². The summed E-state index contributed by atoms with van der Waals surface area (Å²) in [4.78, 5) is 32.4. The number of aromatic nitrogens is 4. The molecular formula is C19H16N4O3S. The van der Waals surface area contributed by atoms with Crippen molar-refractivity contribution >= 4 is 34.0 Å². The molecular weight excluding hydrogens is 364 g/mol. The molecule has 4 rings (SSSR count). The summed E-state index contributed by atoms with van der Waals surface area (Å²) in [6.45, 7) is 1.57. The molecule has 136 valence electrons. The Labute approximate surface area is 158 Å². The number of hydrogen-bond donors (Lipinski definition) is 1. The molecule has 3 aromatic heterocycles. The second-order valence-corrected chi connectivity index (χ2v) is 6.96. The number of thiazole rings is 1. The number of nitrogens with zero attached hydrogens (tertiary/aromatic N) is 3. The van der Waals surface area contributed by atoms with Crippen molar-refractivity contribution in [1.29, 1.82) is 0 Å². The minimum Gasteiger partial charge on any atom is -0.450 e. The topological polar surface area (TPSA) is 89.9 Å². The highest BCUT2D eigenvalue weighted by molar-refractivity contribution is 7.13. The van der Waals surface area contributed by atoms with E-state index in [2.05, 4.69) is 15.1 Å². The van der Waals surface area contributed by atoms with E-state index in [0.717, 1.165) is 16.5 Å². The number of fused-ring (bicyclic) bond motifs is 1. The van der Waals surface area contributed by atoms with E-state index in [1.54, 1.807) is 29.4 Å². The van der Waals surface area contributed by atoms with Crippen LogP contribution in [-0.2, 0) is 11.8 Å². The van der Waals surface area contributed by atoms with Crippen LogP contribution in [0.2, 0.25) is 0 Å². The molecule has 0 aliphatic carbocycles. The Bertz CT molecular complexity index is 1140. The summed E-state index contributed by atoms with van der Waals surface area (Å²) in [5.41, 5.74) is 2.36. The minimum atomic E-state index is -0.916. The molecule has 1 N–H and O–H groups in total. The zero-order chi connectivity index (χ0) is 19.0. The van der Waals surface area contributed by atoms with Crippen LogP contribution in [0.15, 0.2) is 48.2 Å². The lowest BCUT2D eigenvalue weighted by molar-refractivity contribution is 0.0314. The van der Waals surface area contributed by atoms with Crippen molar-refractivity contribution in [2.45, 2.75) is 13.0 Å². The molecule has 0 fully saturated rings. The van der Waals surface area contributed by atoms with Gasteiger partial charge >= 0.3 is 5.97 Å². The molecule has 0 amide bonds. The number of rotatable bonds is 5. The number of carbonyl (C=O) groups excluding carboxylic acids is 2. The zero-order valence-electron chi connectivity index (χ0n) is 14.7. The highest BCUT2D eigenvalue weighted by Crippen LogP contribution is 2.24. The van der Waals surface area contributed by atoms with Gasteiger partial charge in [0.25, 0.3) is 0 Å². The van der Waals surface area contributed by atoms with Crippen molar-refractivity contribution in [3.63, 3.8) is 0 Å². The van der Waals surface area contributed by atoms with E-state index < -0.39 is 12.1 Å². The normalized spacial score (nSPS) is 12.2. The number of hydrogen-bond acceptors (Lipinski definition) is 6. The third kappa shape index (κ3) is 3.26. The van der Waals surface area contributed by atoms with E-state index in [4.69, 9.17) is 4.74 Å². The van der Waals surface area contributed by atoms with Gasteiger partial charge in [-0.25, -0.2) is 9.78 Å². The Hall–Kier alpha value is -3.26. The van der Waals surface area contributed by atoms with Gasteiger partial charge in [-0.15, -0.1) is 11.3 Å². The molecule has 4 aromatic rings. The van der Waals surface area contributed by atoms with Gasteiger partial charge in [0.15, 0.2) is 11.8 Å². The highest BCUT2D eigenvalue weighted by atomic mass is 32.1. The number of esters is 1. The fourth-order valence-electron chi connectivity index (χ4n) is 2.80. The molecule has 0 saturated heterocycles. The molecule has 0 bridgehead atoms. The molecule has 0 spiro atoms. The van der Waals surface area contributed by atoms with Crippen LogP contribution in [-0.4, -0.2) is 37.6 Å². The first-order valence-electron chi connectivity index (χ1n) is 8.29. The van der Waals surface area contributed by atoms with Gasteiger partial charge < -0.3 is 9.72 Å². The maximum atomic E-state index is 12.7. The van der Waals surface area contributed by atoms with Crippen LogP contribution in [0.25, 0.3) is 21.5 Å². The van der Waals surface area contributed by atoms with Gasteiger partial charge in [-0.1, -0.05) is 18.2 Å². The van der Waals surface area contributed by atoms with Crippen molar-refractivity contribution < 1.29 is 14.3 Å². The lowest BCUT2D eigenvalue weighted by Crippen LogP contribution is -2.24. The summed E-state index contributed by atoms with van der Waals surface area (Å²) in [6.07, 6.45) is 4.22. The lowest BCUT2D eigenvalue weighted by atomic mass is 10.1. The molecule has 1 unspecified atom stereocenters. The largest absolute Gasteiger partial charge is 0.450 e. The van der Waals surface area contributed by atoms with E-state index in [1.165, 1.54) is 11.3 Å². The molecule has 0 saturated carbocycles. The maximum Gasteiger partial charge on any atom is 0.358 e. The van der Waals surface area contributed by atoms with Crippen LogP contribution in [0.5, 0.6) is 0 Å². The number of carbonyl (C=O) groups is 2. The quantitative estimate of drug-likeness (QED) is 0.423. The van der Waals surface area contributed by atoms with E-state index in [0.29, 0.717) is 10.6 Å². The number of aromatic amines is 1. The van der Waals surface area contributed by atoms with Gasteiger partial charge in [0, 0.05) is 46.9 Å². The SMILES string of the molecule is CC(OC(=O)c1csc(-c2cnn(C)c2)n1)C(=O)c1c[nH]c2ccccc12. The smallest absolute Gasteiger partial charge is 0.358 e. The van der Waals surface area contributed by atoms with Crippen LogP contribution < -0.4 is 0 Å². The second-order valence-electron chi connectivity index (χ2n) is 6.10. The highest BCUT2D eigenvalue weighted by Gasteiger charge is 2.24. The first kappa shape index (κ1) is 17.2. The molecule has 0 aliphatic rings. The van der Waals surface area contributed by atoms with E-state index in [1.807, 2.05) is 37.5 Å². The van der Waals surface area contributed by atoms with E-state index in [9.17, 15) is 9.59 Å². The van der Waals surface area contributed by atoms with Gasteiger partial charge in [-0.2, -0.15) is 5.10 Å². The molecule has 7 nitrogen and oxygen atoms in total. The number of ether oxygens (including phenoxy) is 1. The van der Waals surface area contributed by atoms with Crippen molar-refractivity contribution in [3.05, 3.63) is 59.5 Å². The average Bonchev–Trinajstić information content (AvgIpc) is 3.39. The van der Waals surface area contributed by atoms with Crippen LogP contribution in [0.3, 0.4) is 0 Å². The maximum absolute atomic E-state index is 12.7. The summed E-state index contributed by atoms with van der Waals surface area (Å²) in [7, 11) is 1.81. The van der Waals surface area contributed by atoms with E-state index >= 15 is 0 Å². The average molecular weight is 380 g/mol. The van der Waals surface area contributed by atoms with Crippen molar-refractivity contribution in [2.24, 2.45) is 7.05 Å². The van der Waals surface area contributed by atoms with Crippen molar-refractivity contribution in [2.75, 3.05) is 0 Å². The van der Waals surface area contributed by atoms with Crippen molar-refractivity contribution in [3.8, 4) is 10.6 Å². The monoisotopic (exact) mass is 380 g/mol. The number of Topliss-reactive ketones (excluding diaryl/α,β-unsaturated/α-hetero) is 1. The summed E-state index contributed by atoms with van der Waals surface area (Å²) >= 11 is 1.32. The molecule has 0 aliphatic heterocycles. The van der Waals surface area contributed by atoms with Crippen LogP contribution in [0.4, 0.5) is 0 Å². The summed E-state index contributed by atoms with van der Waals surface area (Å²) < 4.78 is 7.01. The standard InChI is InChI=1S/C19H16N4O3S/c1-11(17(24)14-8-20-15-6-4-3-5-13(14)15)26-19(25)16-10-27-18(22-16)12-7-21-23(2)9-12/h3-11,20H,1-2H3. The number of aryl methyl sites for hydroxylation is 1. The Morgan fingerprint density at radius 2 is 2.11 bits per heavy atom. The Morgan fingerprint density at radius 3 is 2.89 bits per heavy atom. The van der Waals surface area contributed by atoms with Gasteiger partial charge in [-0.3, -0.25) is 9.48 Å². The van der Waals surface area contributed by atoms with Crippen molar-refractivity contribution in [1.82, 2.24) is 19.7 Å². The molecule has 1 aromatic carbocycles. The summed E-state index contributed by atoms with van der Waals surface area (Å²) in [6, 6.07) is 7.49. The second kappa shape index (κ2) is 6.81. The number of H-pyrrole nitrogens is 1. The first-order valence-corrected chi connectivity index (χ1v) is 9.17. The molecule has 3 heterocycles. The lowest BCUT2D eigenvalue weighted by Gasteiger charge is -2.10. The third-order valence-electron chi connectivity index (χ3n) is 4.17. The minimum absolute atomic E-state index is 0.178. The number of nitrogens with one attached hydrogen (secondary N) is 1. The van der Waals surface area contributed by atoms with Crippen LogP contribution in [0, 0.1) is 0 Å². The Kier molecular flexibility index (Phi) is 4.33. The number of benzene rings is 1. The van der Waals surface area contributed by atoms with Gasteiger partial charge in [-0.05, 0) is 13.0 Å². The van der Waals surface area contributed by atoms with Gasteiger partial charge in [0.05, 0.1) is 6.20 Å². The van der Waals surface area contributed by atoms with Gasteiger partial charge in [0.1, 0.15) is 5.01 Å². The Balaban J connectivity index is 1.49. The van der Waals surface area contributed by atoms with Crippen LogP contribution in [0.1, 0.15) is 27.8 Å². The summed E-state index contributed by atoms with van der Waals surface area (Å²) in [5.74, 6) is -0.884. The molecule has 1 atom stereocenters. The third-order valence-corrected chi connectivity index (χ3v) is 5.06. The predicted octanol–water partition coefficient (Wildman–Crippen LogP) is 3.45. The molecule has 27 heavy (non-hydrogen) atoms. The van der Waals surface area contributed by atoms with E-state index in [-0.39, 0.29) is 11.5 Å². The molecule has 0 radical (unpaired) electrons. The number of para-hydroxylation sites is 1. The Morgan fingerprint density at radius 1 is 1.30 bits per heavy atom.